The van der Waals surface area contributed by atoms with E-state index in [1.165, 1.54) is 19.9 Å². The van der Waals surface area contributed by atoms with Crippen molar-refractivity contribution < 1.29 is 68.8 Å². The van der Waals surface area contributed by atoms with Gasteiger partial charge >= 0.3 is 5.97 Å². The van der Waals surface area contributed by atoms with Gasteiger partial charge in [0.05, 0.1) is 32.0 Å². The molecule has 2 unspecified atom stereocenters. The molecule has 2 aliphatic carbocycles. The molecule has 0 aromatic heterocycles. The van der Waals surface area contributed by atoms with Crippen molar-refractivity contribution in [3.8, 4) is 11.5 Å². The highest BCUT2D eigenvalue weighted by Crippen LogP contribution is 2.49. The molecule has 14 nitrogen and oxygen atoms in total. The van der Waals surface area contributed by atoms with Gasteiger partial charge in [-0.1, -0.05) is 0 Å². The Hall–Kier alpha value is -3.92. The van der Waals surface area contributed by atoms with Crippen LogP contribution in [0, 0.1) is 6.92 Å². The second kappa shape index (κ2) is 9.83. The van der Waals surface area contributed by atoms with Crippen LogP contribution in [0.2, 0.25) is 0 Å². The average molecular weight is 589 g/mol. The van der Waals surface area contributed by atoms with E-state index >= 15 is 0 Å². The number of phenolic OH excluding ortho intramolecular Hbond substituents is 1. The Morgan fingerprint density at radius 1 is 1.07 bits per heavy atom. The molecule has 1 heterocycles. The van der Waals surface area contributed by atoms with Gasteiger partial charge in [0.1, 0.15) is 28.9 Å². The van der Waals surface area contributed by atoms with Crippen LogP contribution in [0.1, 0.15) is 50.0 Å². The summed E-state index contributed by atoms with van der Waals surface area (Å²) in [6, 6.07) is 2.28. The van der Waals surface area contributed by atoms with Crippen molar-refractivity contribution in [2.45, 2.75) is 62.2 Å². The summed E-state index contributed by atoms with van der Waals surface area (Å²) < 4.78 is 21.2. The molecule has 0 radical (unpaired) electrons. The van der Waals surface area contributed by atoms with Gasteiger partial charge in [-0.2, -0.15) is 0 Å². The van der Waals surface area contributed by atoms with Crippen LogP contribution >= 0.6 is 0 Å². The molecule has 5 rings (SSSR count). The Labute approximate surface area is 237 Å². The molecule has 14 heteroatoms. The lowest BCUT2D eigenvalue weighted by Gasteiger charge is -2.47. The molecule has 42 heavy (non-hydrogen) atoms. The van der Waals surface area contributed by atoms with Crippen LogP contribution < -0.4 is 4.74 Å². The highest BCUT2D eigenvalue weighted by Gasteiger charge is 2.73. The van der Waals surface area contributed by atoms with Crippen molar-refractivity contribution in [1.82, 2.24) is 0 Å². The zero-order valence-corrected chi connectivity index (χ0v) is 22.8. The molecule has 1 aliphatic heterocycles. The first-order valence-electron chi connectivity index (χ1n) is 12.8. The summed E-state index contributed by atoms with van der Waals surface area (Å²) in [6.07, 6.45) is -6.32. The number of phenols is 1. The number of aryl methyl sites for hydroxylation is 1. The number of Topliss-reactive ketones (excluding diaryl/α,β-unsaturated/α-hetero) is 2. The van der Waals surface area contributed by atoms with Gasteiger partial charge in [0, 0.05) is 23.4 Å². The Morgan fingerprint density at radius 3 is 2.33 bits per heavy atom. The highest BCUT2D eigenvalue weighted by atomic mass is 16.7. The van der Waals surface area contributed by atoms with Gasteiger partial charge < -0.3 is 49.6 Å². The molecular formula is C28H28O14. The predicted octanol–water partition coefficient (Wildman–Crippen LogP) is -0.809. The largest absolute Gasteiger partial charge is 0.507 e. The molecule has 0 bridgehead atoms. The van der Waals surface area contributed by atoms with Crippen LogP contribution in [-0.2, 0) is 19.0 Å². The van der Waals surface area contributed by atoms with E-state index in [9.17, 15) is 49.8 Å². The first-order valence-corrected chi connectivity index (χ1v) is 12.8. The molecular weight excluding hydrogens is 560 g/mol. The number of esters is 1. The number of benzene rings is 2. The molecule has 0 amide bonds. The molecule has 6 N–H and O–H groups in total. The normalized spacial score (nSPS) is 32.6. The molecule has 1 fully saturated rings. The Morgan fingerprint density at radius 2 is 1.74 bits per heavy atom. The zero-order valence-electron chi connectivity index (χ0n) is 22.8. The summed E-state index contributed by atoms with van der Waals surface area (Å²) in [5.41, 5.74) is -8.59. The van der Waals surface area contributed by atoms with E-state index in [1.54, 1.807) is 0 Å². The molecule has 3 aliphatic rings. The maximum atomic E-state index is 13.7. The number of carbonyl (C=O) groups is 4. The van der Waals surface area contributed by atoms with Crippen LogP contribution in [0.5, 0.6) is 11.5 Å². The number of carbonyl (C=O) groups excluding carboxylic acids is 4. The summed E-state index contributed by atoms with van der Waals surface area (Å²) in [5, 5.41) is 64.7. The van der Waals surface area contributed by atoms with Crippen molar-refractivity contribution in [3.05, 3.63) is 46.2 Å². The first kappa shape index (κ1) is 29.6. The van der Waals surface area contributed by atoms with Crippen molar-refractivity contribution in [2.24, 2.45) is 0 Å². The number of hydrogen-bond donors (Lipinski definition) is 6. The van der Waals surface area contributed by atoms with Gasteiger partial charge in [0.25, 0.3) is 0 Å². The van der Waals surface area contributed by atoms with Gasteiger partial charge in [-0.15, -0.1) is 0 Å². The van der Waals surface area contributed by atoms with Crippen molar-refractivity contribution in [3.63, 3.8) is 0 Å². The lowest BCUT2D eigenvalue weighted by molar-refractivity contribution is -0.216. The molecule has 224 valence electrons. The van der Waals surface area contributed by atoms with Gasteiger partial charge in [-0.3, -0.25) is 14.4 Å². The monoisotopic (exact) mass is 588 g/mol. The van der Waals surface area contributed by atoms with E-state index in [2.05, 4.69) is 0 Å². The topological polar surface area (TPSA) is 227 Å². The van der Waals surface area contributed by atoms with Crippen molar-refractivity contribution in [2.75, 3.05) is 14.2 Å². The first-order chi connectivity index (χ1) is 19.6. The third-order valence-electron chi connectivity index (χ3n) is 8.17. The molecule has 1 saturated heterocycles. The number of aliphatic hydroxyl groups is 5. The van der Waals surface area contributed by atoms with Gasteiger partial charge in [-0.25, -0.2) is 4.79 Å². The maximum Gasteiger partial charge on any atom is 0.341 e. The minimum absolute atomic E-state index is 0.00346. The van der Waals surface area contributed by atoms with E-state index in [0.29, 0.717) is 6.08 Å². The lowest BCUT2D eigenvalue weighted by atomic mass is 9.60. The van der Waals surface area contributed by atoms with Gasteiger partial charge in [-0.05, 0) is 36.9 Å². The highest BCUT2D eigenvalue weighted by molar-refractivity contribution is 6.35. The number of ether oxygens (including phenoxy) is 4. The number of ketones is 3. The summed E-state index contributed by atoms with van der Waals surface area (Å²) in [4.78, 5) is 53.1. The van der Waals surface area contributed by atoms with Crippen LogP contribution in [0.4, 0.5) is 0 Å². The Kier molecular flexibility index (Phi) is 6.92. The van der Waals surface area contributed by atoms with Crippen LogP contribution in [0.15, 0.2) is 24.0 Å². The van der Waals surface area contributed by atoms with Crippen LogP contribution in [-0.4, -0.2) is 110 Å². The van der Waals surface area contributed by atoms with E-state index in [0.717, 1.165) is 20.3 Å². The minimum Gasteiger partial charge on any atom is -0.507 e. The SMILES string of the molecule is COC(=O)c1c(O[C@H]2C[C@H](O)[C@@H](O)[C@H](C)O2)cc2cc3c(c(O)c2c1C)C(=O)C1(O)C(=O)C=C(OC)[C@H](O)C1(O)C3=O. The van der Waals surface area contributed by atoms with Crippen LogP contribution in [0.25, 0.3) is 10.8 Å². The Bertz CT molecular complexity index is 1580. The van der Waals surface area contributed by atoms with E-state index < -0.39 is 87.9 Å². The predicted molar refractivity (Wildman–Crippen MR) is 138 cm³/mol. The number of aliphatic hydroxyl groups excluding tert-OH is 3. The molecule has 2 aromatic rings. The summed E-state index contributed by atoms with van der Waals surface area (Å²) in [5.74, 6) is -7.05. The smallest absolute Gasteiger partial charge is 0.341 e. The van der Waals surface area contributed by atoms with Crippen molar-refractivity contribution >= 4 is 34.1 Å². The van der Waals surface area contributed by atoms with Gasteiger partial charge in [0.2, 0.25) is 34.8 Å². The lowest BCUT2D eigenvalue weighted by Crippen LogP contribution is -2.76. The summed E-state index contributed by atoms with van der Waals surface area (Å²) in [6.45, 7) is 2.88. The molecule has 0 spiro atoms. The van der Waals surface area contributed by atoms with Gasteiger partial charge in [0.15, 0.2) is 6.10 Å². The fourth-order valence-electron chi connectivity index (χ4n) is 5.85. The number of hydrogen-bond acceptors (Lipinski definition) is 14. The fraction of sp³-hybridized carbons (Fsp3) is 0.429. The number of aromatic hydroxyl groups is 1. The molecule has 2 aromatic carbocycles. The third-order valence-corrected chi connectivity index (χ3v) is 8.17. The third kappa shape index (κ3) is 3.73. The summed E-state index contributed by atoms with van der Waals surface area (Å²) >= 11 is 0. The quantitative estimate of drug-likeness (QED) is 0.190. The van der Waals surface area contributed by atoms with E-state index in [4.69, 9.17) is 18.9 Å². The average Bonchev–Trinajstić information content (AvgIpc) is 2.94. The fourth-order valence-corrected chi connectivity index (χ4v) is 5.85. The number of rotatable bonds is 4. The molecule has 7 atom stereocenters. The van der Waals surface area contributed by atoms with E-state index in [-0.39, 0.29) is 34.1 Å². The number of methoxy groups -OCH3 is 2. The second-order valence-electron chi connectivity index (χ2n) is 10.4. The maximum absolute atomic E-state index is 13.7. The van der Waals surface area contributed by atoms with Crippen molar-refractivity contribution in [1.29, 1.82) is 0 Å². The minimum atomic E-state index is -3.51. The molecule has 0 saturated carbocycles. The summed E-state index contributed by atoms with van der Waals surface area (Å²) in [7, 11) is 2.13. The second-order valence-corrected chi connectivity index (χ2v) is 10.4. The zero-order chi connectivity index (χ0) is 31.0. The standard InChI is InChI=1S/C28H28O14/c1-9-18-11(6-14(19(9)26(36)40-4)42-17-7-13(29)21(31)10(2)41-17)5-12-20(22(18)32)25(35)27(37)16(30)8-15(39-3)24(34)28(27,38)23(12)33/h5-6,8,10,13,17,21,24,29,31-32,34,37-38H,7H2,1-4H3/t10-,13-,17-,21-,24-,27?,28?/m0/s1. The Balaban J connectivity index is 1.74. The van der Waals surface area contributed by atoms with Crippen LogP contribution in [0.3, 0.4) is 0 Å². The number of fused-ring (bicyclic) bond motifs is 3. The van der Waals surface area contributed by atoms with E-state index in [1.807, 2.05) is 0 Å².